The first-order valence-electron chi connectivity index (χ1n) is 30.8. The summed E-state index contributed by atoms with van der Waals surface area (Å²) >= 11 is 0. The van der Waals surface area contributed by atoms with Gasteiger partial charge >= 0.3 is 0 Å². The van der Waals surface area contributed by atoms with Gasteiger partial charge in [-0.05, 0) is 174 Å². The molecule has 0 spiro atoms. The summed E-state index contributed by atoms with van der Waals surface area (Å²) in [7, 11) is 0. The maximum Gasteiger partial charge on any atom is 0.146 e. The number of para-hydroxylation sites is 7. The summed E-state index contributed by atoms with van der Waals surface area (Å²) in [5.41, 5.74) is 21.2. The first kappa shape index (κ1) is 49.8. The van der Waals surface area contributed by atoms with Gasteiger partial charge in [-0.2, -0.15) is 0 Å². The zero-order chi connectivity index (χ0) is 59.4. The molecule has 0 bridgehead atoms. The van der Waals surface area contributed by atoms with Crippen LogP contribution in [0.2, 0.25) is 0 Å². The van der Waals surface area contributed by atoms with Crippen LogP contribution in [-0.4, -0.2) is 13.7 Å². The Hall–Kier alpha value is -12.3. The van der Waals surface area contributed by atoms with Gasteiger partial charge in [0.2, 0.25) is 0 Å². The summed E-state index contributed by atoms with van der Waals surface area (Å²) in [5.74, 6) is 2.14. The van der Waals surface area contributed by atoms with E-state index in [1.807, 2.05) is 0 Å². The quantitative estimate of drug-likeness (QED) is 0.152. The molecule has 0 fully saturated rings. The first-order valence-corrected chi connectivity index (χ1v) is 30.8. The van der Waals surface area contributed by atoms with Crippen LogP contribution >= 0.6 is 0 Å². The normalized spacial score (nSPS) is 12.2. The summed E-state index contributed by atoms with van der Waals surface area (Å²) < 4.78 is 34.9. The average Bonchev–Trinajstić information content (AvgIpc) is 1.66. The molecule has 7 nitrogen and oxygen atoms in total. The van der Waals surface area contributed by atoms with Crippen molar-refractivity contribution in [1.82, 2.24) is 13.7 Å². The molecule has 7 heterocycles. The summed E-state index contributed by atoms with van der Waals surface area (Å²) in [6.07, 6.45) is 0. The lowest BCUT2D eigenvalue weighted by atomic mass is 9.99. The molecule has 13 aromatic carbocycles. The number of benzene rings is 13. The third kappa shape index (κ3) is 7.55. The van der Waals surface area contributed by atoms with Gasteiger partial charge in [-0.1, -0.05) is 146 Å². The van der Waals surface area contributed by atoms with Crippen LogP contribution in [0.25, 0.3) is 194 Å². The molecule has 0 unspecified atom stereocenters. The van der Waals surface area contributed by atoms with Crippen LogP contribution in [0.3, 0.4) is 0 Å². The van der Waals surface area contributed by atoms with E-state index in [0.29, 0.717) is 11.3 Å². The van der Waals surface area contributed by atoms with E-state index in [-0.39, 0.29) is 0 Å². The van der Waals surface area contributed by atoms with Gasteiger partial charge in [0.15, 0.2) is 0 Å². The lowest BCUT2D eigenvalue weighted by molar-refractivity contribution is 0.621. The molecule has 91 heavy (non-hydrogen) atoms. The number of aromatic nitrogens is 3. The van der Waals surface area contributed by atoms with Gasteiger partial charge in [-0.3, -0.25) is 0 Å². The Kier molecular flexibility index (Phi) is 10.4. The van der Waals surface area contributed by atoms with Gasteiger partial charge in [0.1, 0.15) is 45.2 Å². The molecule has 7 aromatic heterocycles. The second-order valence-electron chi connectivity index (χ2n) is 24.0. The van der Waals surface area contributed by atoms with Crippen LogP contribution in [0.4, 0.5) is 0 Å². The molecule has 0 radical (unpaired) electrons. The molecule has 20 rings (SSSR count). The summed E-state index contributed by atoms with van der Waals surface area (Å²) in [6.45, 7) is 0. The van der Waals surface area contributed by atoms with E-state index in [2.05, 4.69) is 311 Å². The summed E-state index contributed by atoms with van der Waals surface area (Å²) in [5, 5.41) is 12.1. The van der Waals surface area contributed by atoms with Crippen molar-refractivity contribution in [3.8, 4) is 73.3 Å². The Morgan fingerprint density at radius 2 is 0.582 bits per heavy atom. The predicted octanol–water partition coefficient (Wildman–Crippen LogP) is 23.5. The number of fused-ring (bicyclic) bond motifs is 15. The molecule has 0 saturated carbocycles. The largest absolute Gasteiger partial charge is 0.456 e. The molecule has 20 aromatic rings. The topological polar surface area (TPSA) is 67.3 Å². The van der Waals surface area contributed by atoms with Crippen molar-refractivity contribution < 1.29 is 17.7 Å². The van der Waals surface area contributed by atoms with E-state index in [9.17, 15) is 0 Å². The molecular formula is C84H49N3O4. The van der Waals surface area contributed by atoms with E-state index in [0.717, 1.165) is 133 Å². The third-order valence-corrected chi connectivity index (χ3v) is 18.8. The predicted molar refractivity (Wildman–Crippen MR) is 373 cm³/mol. The lowest BCUT2D eigenvalue weighted by Gasteiger charge is -2.08. The standard InChI is InChI=1S/C84H49N3O4/c1-3-16-58(17-4-1)85-73-28-13-9-22-63(73)67-43-52(30-35-75(67)85)50-32-37-77-54(40-50)48-81(89-77)66-25-15-24-65-69-45-57(80-47-56-42-60(34-39-79(56)88-80)87-71-26-11-7-20-61(71)62-21-8-12-27-72(62)87)46-70(84(69)91-83(65)66)82-49-55-41-51(33-38-78(55)90-82)53-31-36-76-68(44-53)64-23-10-14-29-74(64)86(76)59-18-5-2-6-19-59/h1-49H. The fraction of sp³-hybridized carbons (Fsp3) is 0. The average molecular weight is 1160 g/mol. The van der Waals surface area contributed by atoms with Crippen LogP contribution in [-0.2, 0) is 0 Å². The van der Waals surface area contributed by atoms with Crippen LogP contribution in [0.5, 0.6) is 0 Å². The molecule has 0 aliphatic carbocycles. The number of rotatable bonds is 8. The van der Waals surface area contributed by atoms with Crippen molar-refractivity contribution in [2.75, 3.05) is 0 Å². The van der Waals surface area contributed by atoms with Gasteiger partial charge in [0.05, 0.1) is 44.2 Å². The highest BCUT2D eigenvalue weighted by Crippen LogP contribution is 2.47. The van der Waals surface area contributed by atoms with Crippen molar-refractivity contribution in [3.63, 3.8) is 0 Å². The van der Waals surface area contributed by atoms with E-state index in [4.69, 9.17) is 17.7 Å². The van der Waals surface area contributed by atoms with Crippen molar-refractivity contribution in [3.05, 3.63) is 297 Å². The van der Waals surface area contributed by atoms with E-state index >= 15 is 0 Å². The minimum Gasteiger partial charge on any atom is -0.456 e. The summed E-state index contributed by atoms with van der Waals surface area (Å²) in [4.78, 5) is 0. The molecule has 0 amide bonds. The second-order valence-corrected chi connectivity index (χ2v) is 24.0. The van der Waals surface area contributed by atoms with Crippen LogP contribution in [0.15, 0.2) is 315 Å². The Balaban J connectivity index is 0.723. The highest BCUT2D eigenvalue weighted by atomic mass is 16.4. The molecule has 0 N–H and O–H groups in total. The molecular weight excluding hydrogens is 1110 g/mol. The Labute approximate surface area is 519 Å². The maximum atomic E-state index is 7.24. The monoisotopic (exact) mass is 1160 g/mol. The lowest BCUT2D eigenvalue weighted by Crippen LogP contribution is -1.92. The number of nitrogens with zero attached hydrogens (tertiary/aromatic N) is 3. The Bertz CT molecular complexity index is 6350. The number of furan rings is 4. The van der Waals surface area contributed by atoms with Gasteiger partial charge < -0.3 is 31.4 Å². The molecule has 0 atom stereocenters. The fourth-order valence-corrected chi connectivity index (χ4v) is 14.7. The zero-order valence-corrected chi connectivity index (χ0v) is 48.8. The summed E-state index contributed by atoms with van der Waals surface area (Å²) in [6, 6.07) is 106. The fourth-order valence-electron chi connectivity index (χ4n) is 14.7. The van der Waals surface area contributed by atoms with Gasteiger partial charge in [0, 0.05) is 81.9 Å². The number of hydrogen-bond acceptors (Lipinski definition) is 4. The van der Waals surface area contributed by atoms with E-state index < -0.39 is 0 Å². The highest BCUT2D eigenvalue weighted by molar-refractivity contribution is 6.16. The SMILES string of the molecule is c1ccc(-n2c3ccccc3c3cc(-c4ccc5oc(-c6cccc7c6oc6c(-c8cc9cc(-c%10ccc%11c(c%10)c%10ccccc%10n%11-c%10ccccc%10)ccc9o8)cc(-c8cc9cc(-n%10c%11ccccc%11c%11ccccc%11%10)ccc9o8)cc67)cc5c4)ccc32)cc1. The van der Waals surface area contributed by atoms with Crippen molar-refractivity contribution in [2.45, 2.75) is 0 Å². The van der Waals surface area contributed by atoms with Crippen LogP contribution < -0.4 is 0 Å². The van der Waals surface area contributed by atoms with Gasteiger partial charge in [-0.25, -0.2) is 0 Å². The van der Waals surface area contributed by atoms with Gasteiger partial charge in [-0.15, -0.1) is 0 Å². The third-order valence-electron chi connectivity index (χ3n) is 18.8. The molecule has 7 heteroatoms. The Morgan fingerprint density at radius 3 is 1.13 bits per heavy atom. The zero-order valence-electron chi connectivity index (χ0n) is 48.8. The highest BCUT2D eigenvalue weighted by Gasteiger charge is 2.24. The van der Waals surface area contributed by atoms with Crippen LogP contribution in [0.1, 0.15) is 0 Å². The molecule has 424 valence electrons. The Morgan fingerprint density at radius 1 is 0.198 bits per heavy atom. The van der Waals surface area contributed by atoms with E-state index in [1.165, 1.54) is 48.9 Å². The van der Waals surface area contributed by atoms with Gasteiger partial charge in [0.25, 0.3) is 0 Å². The maximum absolute atomic E-state index is 7.24. The first-order chi connectivity index (χ1) is 45.1. The minimum atomic E-state index is 0.685. The molecule has 0 saturated heterocycles. The smallest absolute Gasteiger partial charge is 0.146 e. The van der Waals surface area contributed by atoms with Crippen molar-refractivity contribution >= 4 is 120 Å². The van der Waals surface area contributed by atoms with Crippen molar-refractivity contribution in [1.29, 1.82) is 0 Å². The van der Waals surface area contributed by atoms with E-state index in [1.54, 1.807) is 0 Å². The van der Waals surface area contributed by atoms with Crippen LogP contribution in [0, 0.1) is 0 Å². The second kappa shape index (κ2) is 19.1. The molecule has 0 aliphatic rings. The van der Waals surface area contributed by atoms with Crippen molar-refractivity contribution in [2.24, 2.45) is 0 Å². The minimum absolute atomic E-state index is 0.685. The molecule has 0 aliphatic heterocycles. The number of hydrogen-bond donors (Lipinski definition) is 0.